The second-order valence-electron chi connectivity index (χ2n) is 10.9. The van der Waals surface area contributed by atoms with Crippen LogP contribution >= 0.6 is 15.9 Å². The molecule has 0 N–H and O–H groups in total. The van der Waals surface area contributed by atoms with Crippen molar-refractivity contribution in [1.82, 2.24) is 34.0 Å². The van der Waals surface area contributed by atoms with E-state index in [4.69, 9.17) is 4.98 Å². The molecule has 1 unspecified atom stereocenters. The minimum Gasteiger partial charge on any atom is -0.330 e. The molecule has 3 aromatic heterocycles. The normalized spacial score (nSPS) is 15.0. The lowest BCUT2D eigenvalue weighted by molar-refractivity contribution is -0.138. The van der Waals surface area contributed by atoms with Crippen LogP contribution in [0.4, 0.5) is 13.2 Å². The number of rotatable bonds is 4. The highest BCUT2D eigenvalue weighted by molar-refractivity contribution is 9.10. The summed E-state index contributed by atoms with van der Waals surface area (Å²) in [4.78, 5) is 34.1. The summed E-state index contributed by atoms with van der Waals surface area (Å²) in [7, 11) is 1.84. The first kappa shape index (κ1) is 29.5. The number of nitrogens with zero attached hydrogens (tertiary/aromatic N) is 7. The molecule has 2 aromatic carbocycles. The van der Waals surface area contributed by atoms with Crippen molar-refractivity contribution in [2.45, 2.75) is 46.0 Å². The molecule has 0 spiro atoms. The summed E-state index contributed by atoms with van der Waals surface area (Å²) in [6.07, 6.45) is -0.793. The van der Waals surface area contributed by atoms with Gasteiger partial charge in [-0.15, -0.1) is 0 Å². The van der Waals surface area contributed by atoms with Crippen LogP contribution in [0.15, 0.2) is 70.2 Å². The maximum absolute atomic E-state index is 14.2. The van der Waals surface area contributed by atoms with E-state index in [-0.39, 0.29) is 34.5 Å². The molecule has 9 nitrogen and oxygen atoms in total. The molecule has 13 heteroatoms. The van der Waals surface area contributed by atoms with E-state index >= 15 is 0 Å². The predicted octanol–water partition coefficient (Wildman–Crippen LogP) is 5.80. The summed E-state index contributed by atoms with van der Waals surface area (Å²) < 4.78 is 45.4. The number of fused-ring (bicyclic) bond motifs is 1. The Bertz CT molecular complexity index is 1980. The summed E-state index contributed by atoms with van der Waals surface area (Å²) >= 11 is 2.93. The van der Waals surface area contributed by atoms with Crippen LogP contribution in [0.25, 0.3) is 22.8 Å². The molecule has 0 radical (unpaired) electrons. The van der Waals surface area contributed by atoms with E-state index in [1.807, 2.05) is 57.4 Å². The van der Waals surface area contributed by atoms with E-state index in [9.17, 15) is 22.8 Å². The van der Waals surface area contributed by atoms with Gasteiger partial charge in [-0.3, -0.25) is 14.3 Å². The van der Waals surface area contributed by atoms with Crippen molar-refractivity contribution in [1.29, 1.82) is 0 Å². The summed E-state index contributed by atoms with van der Waals surface area (Å²) in [5.74, 6) is -0.329. The van der Waals surface area contributed by atoms with E-state index < -0.39 is 23.7 Å². The third-order valence-electron chi connectivity index (χ3n) is 7.74. The Morgan fingerprint density at radius 2 is 1.77 bits per heavy atom. The second-order valence-corrected chi connectivity index (χ2v) is 11.8. The second kappa shape index (κ2) is 10.9. The fraction of sp³-hybridized carbons (Fsp3) is 0.258. The van der Waals surface area contributed by atoms with Gasteiger partial charge in [0, 0.05) is 46.1 Å². The third-order valence-corrected chi connectivity index (χ3v) is 8.43. The fourth-order valence-corrected chi connectivity index (χ4v) is 6.01. The number of carbonyl (C=O) groups is 1. The van der Waals surface area contributed by atoms with Crippen LogP contribution in [0.2, 0.25) is 0 Å². The van der Waals surface area contributed by atoms with Crippen molar-refractivity contribution in [3.63, 3.8) is 0 Å². The Kier molecular flexibility index (Phi) is 7.31. The third kappa shape index (κ3) is 5.25. The minimum absolute atomic E-state index is 0.0466. The number of halogens is 4. The van der Waals surface area contributed by atoms with Crippen LogP contribution in [-0.4, -0.2) is 46.0 Å². The van der Waals surface area contributed by atoms with E-state index in [1.165, 1.54) is 21.6 Å². The lowest BCUT2D eigenvalue weighted by atomic mass is 9.98. The van der Waals surface area contributed by atoms with Gasteiger partial charge in [0.25, 0.3) is 11.5 Å². The molecule has 0 bridgehead atoms. The van der Waals surface area contributed by atoms with Crippen LogP contribution in [0.1, 0.15) is 45.5 Å². The van der Waals surface area contributed by atoms with E-state index in [2.05, 4.69) is 26.1 Å². The Balaban J connectivity index is 1.44. The lowest BCUT2D eigenvalue weighted by Crippen LogP contribution is -2.46. The summed E-state index contributed by atoms with van der Waals surface area (Å²) in [6.45, 7) is 5.41. The van der Waals surface area contributed by atoms with Crippen LogP contribution in [0.5, 0.6) is 0 Å². The molecule has 1 amide bonds. The molecular formula is C31H27BrF3N7O2. The molecule has 1 aliphatic rings. The van der Waals surface area contributed by atoms with Gasteiger partial charge in [0.2, 0.25) is 5.95 Å². The SMILES string of the molecule is Cc1cc(C)n(-c2nc3c(c(=O)n2-c2ccc(-c4cnn(C)c4)cc2)CC(C)N(C(=O)c2ccc(Br)c(C(F)(F)F)c2)C3)n1. The fourth-order valence-electron chi connectivity index (χ4n) is 5.54. The smallest absolute Gasteiger partial charge is 0.330 e. The zero-order chi connectivity index (χ0) is 31.5. The van der Waals surface area contributed by atoms with Gasteiger partial charge >= 0.3 is 6.18 Å². The van der Waals surface area contributed by atoms with Gasteiger partial charge in [-0.05, 0) is 69.2 Å². The topological polar surface area (TPSA) is 90.8 Å². The number of alkyl halides is 3. The molecule has 4 heterocycles. The first-order valence-electron chi connectivity index (χ1n) is 13.8. The molecule has 0 saturated heterocycles. The molecule has 1 atom stereocenters. The van der Waals surface area contributed by atoms with Crippen molar-refractivity contribution in [3.8, 4) is 22.8 Å². The first-order chi connectivity index (χ1) is 20.8. The highest BCUT2D eigenvalue weighted by atomic mass is 79.9. The Morgan fingerprint density at radius 1 is 1.05 bits per heavy atom. The maximum atomic E-state index is 14.2. The lowest BCUT2D eigenvalue weighted by Gasteiger charge is -2.34. The number of aryl methyl sites for hydroxylation is 3. The molecule has 226 valence electrons. The van der Waals surface area contributed by atoms with Crippen molar-refractivity contribution in [2.75, 3.05) is 0 Å². The van der Waals surface area contributed by atoms with Gasteiger partial charge in [-0.1, -0.05) is 28.1 Å². The van der Waals surface area contributed by atoms with Crippen LogP contribution in [0, 0.1) is 13.8 Å². The average molecular weight is 667 g/mol. The number of hydrogen-bond donors (Lipinski definition) is 0. The highest BCUT2D eigenvalue weighted by Crippen LogP contribution is 2.36. The predicted molar refractivity (Wildman–Crippen MR) is 161 cm³/mol. The standard InChI is InChI=1S/C31H27BrF3N7O2/c1-17-11-19(3)42(38-17)30-37-27-16-40(28(43)21-7-10-26(32)25(13-21)31(33,34)35)18(2)12-24(27)29(44)41(30)23-8-5-20(6-9-23)22-14-36-39(4)15-22/h5-11,13-15,18H,12,16H2,1-4H3. The molecule has 44 heavy (non-hydrogen) atoms. The highest BCUT2D eigenvalue weighted by Gasteiger charge is 2.36. The van der Waals surface area contributed by atoms with Gasteiger partial charge in [0.15, 0.2) is 0 Å². The van der Waals surface area contributed by atoms with Crippen LogP contribution in [-0.2, 0) is 26.2 Å². The number of benzene rings is 2. The van der Waals surface area contributed by atoms with Gasteiger partial charge < -0.3 is 4.90 Å². The van der Waals surface area contributed by atoms with Crippen molar-refractivity contribution >= 4 is 21.8 Å². The van der Waals surface area contributed by atoms with Gasteiger partial charge in [0.05, 0.1) is 35.4 Å². The van der Waals surface area contributed by atoms with E-state index in [0.717, 1.165) is 28.6 Å². The molecule has 0 aliphatic carbocycles. The maximum Gasteiger partial charge on any atom is 0.417 e. The first-order valence-corrected chi connectivity index (χ1v) is 14.6. The van der Waals surface area contributed by atoms with Gasteiger partial charge in [-0.25, -0.2) is 14.2 Å². The number of hydrogen-bond acceptors (Lipinski definition) is 5. The summed E-state index contributed by atoms with van der Waals surface area (Å²) in [5.41, 5.74) is 3.41. The van der Waals surface area contributed by atoms with Crippen LogP contribution < -0.4 is 5.56 Å². The van der Waals surface area contributed by atoms with Crippen molar-refractivity contribution < 1.29 is 18.0 Å². The minimum atomic E-state index is -4.63. The Hall–Kier alpha value is -4.52. The number of amides is 1. The Labute approximate surface area is 258 Å². The van der Waals surface area contributed by atoms with Gasteiger partial charge in [-0.2, -0.15) is 23.4 Å². The van der Waals surface area contributed by atoms with Gasteiger partial charge in [0.1, 0.15) is 0 Å². The van der Waals surface area contributed by atoms with Crippen LogP contribution in [0.3, 0.4) is 0 Å². The number of carbonyl (C=O) groups excluding carboxylic acids is 1. The molecule has 0 fully saturated rings. The summed E-state index contributed by atoms with van der Waals surface area (Å²) in [5, 5.41) is 8.80. The number of aromatic nitrogens is 6. The van der Waals surface area contributed by atoms with E-state index in [0.29, 0.717) is 16.9 Å². The zero-order valence-corrected chi connectivity index (χ0v) is 25.8. The molecule has 1 aliphatic heterocycles. The Morgan fingerprint density at radius 3 is 2.39 bits per heavy atom. The molecule has 6 rings (SSSR count). The largest absolute Gasteiger partial charge is 0.417 e. The van der Waals surface area contributed by atoms with E-state index in [1.54, 1.807) is 22.5 Å². The summed E-state index contributed by atoms with van der Waals surface area (Å²) in [6, 6.07) is 12.3. The quantitative estimate of drug-likeness (QED) is 0.242. The monoisotopic (exact) mass is 665 g/mol. The molecular weight excluding hydrogens is 639 g/mol. The zero-order valence-electron chi connectivity index (χ0n) is 24.2. The molecule has 0 saturated carbocycles. The average Bonchev–Trinajstić information content (AvgIpc) is 3.56. The molecule has 5 aromatic rings. The van der Waals surface area contributed by atoms with Crippen molar-refractivity contribution in [3.05, 3.63) is 110 Å². The van der Waals surface area contributed by atoms with Crippen molar-refractivity contribution in [2.24, 2.45) is 7.05 Å².